The highest BCUT2D eigenvalue weighted by Crippen LogP contribution is 2.11. The van der Waals surface area contributed by atoms with Crippen molar-refractivity contribution in [1.82, 2.24) is 4.31 Å². The third-order valence-corrected chi connectivity index (χ3v) is 1.89. The zero-order valence-corrected chi connectivity index (χ0v) is 10.1. The fraction of sp³-hybridized carbons (Fsp3) is 0.875. The van der Waals surface area contributed by atoms with Crippen LogP contribution in [0.4, 0.5) is 4.79 Å². The van der Waals surface area contributed by atoms with Gasteiger partial charge in [-0.15, -0.1) is 0 Å². The fourth-order valence-electron chi connectivity index (χ4n) is 0.755. The van der Waals surface area contributed by atoms with Gasteiger partial charge in [-0.05, 0) is 27.7 Å². The quantitative estimate of drug-likeness (QED) is 0.709. The topological polar surface area (TPSA) is 87.1 Å². The predicted octanol–water partition coefficient (Wildman–Crippen LogP) is 0.741. The lowest BCUT2D eigenvalue weighted by molar-refractivity contribution is 0.0330. The van der Waals surface area contributed by atoms with Crippen molar-refractivity contribution in [2.75, 3.05) is 6.54 Å². The van der Waals surface area contributed by atoms with Gasteiger partial charge in [0.25, 0.3) is 11.3 Å². The van der Waals surface area contributed by atoms with E-state index in [-0.39, 0.29) is 6.54 Å². The number of aliphatic hydroxyl groups excluding tert-OH is 1. The lowest BCUT2D eigenvalue weighted by Crippen LogP contribution is -2.41. The second kappa shape index (κ2) is 5.43. The lowest BCUT2D eigenvalue weighted by Gasteiger charge is -2.25. The number of aliphatic hydroxyl groups is 1. The van der Waals surface area contributed by atoms with Gasteiger partial charge in [0.05, 0.1) is 12.6 Å². The van der Waals surface area contributed by atoms with Crippen molar-refractivity contribution in [2.24, 2.45) is 0 Å². The van der Waals surface area contributed by atoms with Crippen LogP contribution in [-0.4, -0.2) is 42.5 Å². The summed E-state index contributed by atoms with van der Waals surface area (Å²) in [6, 6.07) is 0. The van der Waals surface area contributed by atoms with Crippen LogP contribution in [0.25, 0.3) is 0 Å². The summed E-state index contributed by atoms with van der Waals surface area (Å²) in [4.78, 5) is 11.4. The molecule has 0 aliphatic carbocycles. The van der Waals surface area contributed by atoms with Crippen LogP contribution in [0.2, 0.25) is 0 Å². The third-order valence-electron chi connectivity index (χ3n) is 1.22. The Bertz CT molecular complexity index is 248. The molecule has 0 fully saturated rings. The molecule has 2 atom stereocenters. The Morgan fingerprint density at radius 2 is 2.00 bits per heavy atom. The maximum Gasteiger partial charge on any atom is 0.424 e. The van der Waals surface area contributed by atoms with Gasteiger partial charge in [0.15, 0.2) is 0 Å². The summed E-state index contributed by atoms with van der Waals surface area (Å²) >= 11 is -2.49. The third kappa shape index (κ3) is 6.43. The number of hydrogen-bond acceptors (Lipinski definition) is 4. The zero-order valence-electron chi connectivity index (χ0n) is 9.26. The highest BCUT2D eigenvalue weighted by Gasteiger charge is 2.26. The minimum atomic E-state index is -2.49. The second-order valence-electron chi connectivity index (χ2n) is 4.12. The van der Waals surface area contributed by atoms with E-state index in [4.69, 9.17) is 14.4 Å². The molecule has 0 spiro atoms. The molecule has 2 N–H and O–H groups in total. The predicted molar refractivity (Wildman–Crippen MR) is 55.4 cm³/mol. The minimum Gasteiger partial charge on any atom is -0.443 e. The Kier molecular flexibility index (Phi) is 5.19. The molecule has 0 heterocycles. The van der Waals surface area contributed by atoms with Crippen molar-refractivity contribution in [1.29, 1.82) is 0 Å². The van der Waals surface area contributed by atoms with Crippen LogP contribution in [0, 0.1) is 0 Å². The number of carbonyl (C=O) groups excluding carboxylic acids is 1. The van der Waals surface area contributed by atoms with E-state index in [0.717, 1.165) is 0 Å². The number of amides is 1. The molecular formula is C8H17NO5S. The number of hydrogen-bond donors (Lipinski definition) is 2. The minimum absolute atomic E-state index is 0.252. The molecule has 7 heteroatoms. The molecule has 0 aliphatic rings. The van der Waals surface area contributed by atoms with Crippen LogP contribution in [0.5, 0.6) is 0 Å². The zero-order chi connectivity index (χ0) is 12.2. The van der Waals surface area contributed by atoms with E-state index in [0.29, 0.717) is 4.31 Å². The molecule has 0 saturated carbocycles. The number of ether oxygens (including phenoxy) is 1. The van der Waals surface area contributed by atoms with Crippen LogP contribution in [0.1, 0.15) is 27.7 Å². The normalized spacial score (nSPS) is 15.6. The maximum atomic E-state index is 11.4. The van der Waals surface area contributed by atoms with Crippen LogP contribution >= 0.6 is 0 Å². The summed E-state index contributed by atoms with van der Waals surface area (Å²) in [5.41, 5.74) is -0.743. The average molecular weight is 239 g/mol. The van der Waals surface area contributed by atoms with E-state index in [9.17, 15) is 9.00 Å². The average Bonchev–Trinajstić information content (AvgIpc) is 1.95. The van der Waals surface area contributed by atoms with Gasteiger partial charge in [0, 0.05) is 0 Å². The molecule has 0 aromatic heterocycles. The Labute approximate surface area is 91.6 Å². The van der Waals surface area contributed by atoms with Gasteiger partial charge in [-0.3, -0.25) is 4.55 Å². The molecule has 0 bridgehead atoms. The smallest absolute Gasteiger partial charge is 0.424 e. The standard InChI is InChI=1S/C8H17NO5S/c1-6(10)5-9(15(12)13)7(11)14-8(2,3)4/h6,10H,5H2,1-4H3,(H,12,13)/t6-/m0/s1. The van der Waals surface area contributed by atoms with Crippen LogP contribution < -0.4 is 0 Å². The summed E-state index contributed by atoms with van der Waals surface area (Å²) in [6.45, 7) is 6.09. The fourth-order valence-corrected chi connectivity index (χ4v) is 1.26. The molecule has 6 nitrogen and oxygen atoms in total. The Hall–Kier alpha value is -0.660. The molecule has 0 aromatic rings. The van der Waals surface area contributed by atoms with Crippen molar-refractivity contribution < 1.29 is 23.4 Å². The molecule has 0 rings (SSSR count). The van der Waals surface area contributed by atoms with E-state index in [1.807, 2.05) is 0 Å². The molecule has 15 heavy (non-hydrogen) atoms. The lowest BCUT2D eigenvalue weighted by atomic mass is 10.2. The van der Waals surface area contributed by atoms with E-state index >= 15 is 0 Å². The first-order valence-corrected chi connectivity index (χ1v) is 5.49. The van der Waals surface area contributed by atoms with E-state index in [2.05, 4.69) is 0 Å². The summed E-state index contributed by atoms with van der Waals surface area (Å²) in [7, 11) is 0. The molecule has 0 aliphatic heterocycles. The Morgan fingerprint density at radius 3 is 2.27 bits per heavy atom. The molecule has 1 unspecified atom stereocenters. The number of rotatable bonds is 3. The summed E-state index contributed by atoms with van der Waals surface area (Å²) in [6.07, 6.45) is -1.82. The molecular weight excluding hydrogens is 222 g/mol. The monoisotopic (exact) mass is 239 g/mol. The van der Waals surface area contributed by atoms with E-state index in [1.54, 1.807) is 20.8 Å². The highest BCUT2D eigenvalue weighted by atomic mass is 32.2. The van der Waals surface area contributed by atoms with Gasteiger partial charge >= 0.3 is 6.09 Å². The Balaban J connectivity index is 4.50. The van der Waals surface area contributed by atoms with Crippen LogP contribution in [-0.2, 0) is 16.0 Å². The first-order valence-electron chi connectivity index (χ1n) is 4.43. The van der Waals surface area contributed by atoms with Crippen molar-refractivity contribution in [2.45, 2.75) is 39.4 Å². The SMILES string of the molecule is C[C@H](O)CN(C(=O)OC(C)(C)C)S(=O)O. The first kappa shape index (κ1) is 14.3. The van der Waals surface area contributed by atoms with Crippen LogP contribution in [0.3, 0.4) is 0 Å². The van der Waals surface area contributed by atoms with Gasteiger partial charge < -0.3 is 9.84 Å². The van der Waals surface area contributed by atoms with Crippen molar-refractivity contribution >= 4 is 17.4 Å². The molecule has 0 saturated heterocycles. The van der Waals surface area contributed by atoms with Crippen molar-refractivity contribution in [3.8, 4) is 0 Å². The van der Waals surface area contributed by atoms with Gasteiger partial charge in [-0.1, -0.05) is 0 Å². The van der Waals surface area contributed by atoms with Crippen LogP contribution in [0.15, 0.2) is 0 Å². The van der Waals surface area contributed by atoms with Gasteiger partial charge in [0.1, 0.15) is 5.60 Å². The molecule has 0 radical (unpaired) electrons. The highest BCUT2D eigenvalue weighted by molar-refractivity contribution is 7.77. The first-order chi connectivity index (χ1) is 6.63. The van der Waals surface area contributed by atoms with Gasteiger partial charge in [-0.2, -0.15) is 0 Å². The van der Waals surface area contributed by atoms with Crippen molar-refractivity contribution in [3.63, 3.8) is 0 Å². The second-order valence-corrected chi connectivity index (χ2v) is 5.02. The van der Waals surface area contributed by atoms with Gasteiger partial charge in [-0.25, -0.2) is 13.3 Å². The van der Waals surface area contributed by atoms with E-state index in [1.165, 1.54) is 6.92 Å². The van der Waals surface area contributed by atoms with Gasteiger partial charge in [0.2, 0.25) is 0 Å². The number of nitrogens with zero attached hydrogens (tertiary/aromatic N) is 1. The summed E-state index contributed by atoms with van der Waals surface area (Å²) in [5.74, 6) is 0. The Morgan fingerprint density at radius 1 is 1.53 bits per heavy atom. The number of carbonyl (C=O) groups is 1. The molecule has 1 amide bonds. The summed E-state index contributed by atoms with van der Waals surface area (Å²) < 4.78 is 25.0. The van der Waals surface area contributed by atoms with E-state index < -0.39 is 29.1 Å². The van der Waals surface area contributed by atoms with Crippen molar-refractivity contribution in [3.05, 3.63) is 0 Å². The molecule has 0 aromatic carbocycles. The molecule has 90 valence electrons. The largest absolute Gasteiger partial charge is 0.443 e. The maximum absolute atomic E-state index is 11.4. The summed E-state index contributed by atoms with van der Waals surface area (Å²) in [5, 5.41) is 9.02.